The summed E-state index contributed by atoms with van der Waals surface area (Å²) in [5.41, 5.74) is 0.939. The summed E-state index contributed by atoms with van der Waals surface area (Å²) in [6.07, 6.45) is 11.0. The third-order valence-electron chi connectivity index (χ3n) is 3.81. The Labute approximate surface area is 116 Å². The van der Waals surface area contributed by atoms with Crippen molar-refractivity contribution in [2.45, 2.75) is 45.1 Å². The fraction of sp³-hybridized carbons (Fsp3) is 0.571. The molecule has 1 N–H and O–H groups in total. The van der Waals surface area contributed by atoms with Crippen LogP contribution in [0, 0.1) is 5.92 Å². The molecule has 102 valence electrons. The quantitative estimate of drug-likeness (QED) is 0.877. The van der Waals surface area contributed by atoms with Crippen molar-refractivity contribution in [3.63, 3.8) is 0 Å². The summed E-state index contributed by atoms with van der Waals surface area (Å²) in [7, 11) is 0. The van der Waals surface area contributed by atoms with Crippen LogP contribution < -0.4 is 5.32 Å². The van der Waals surface area contributed by atoms with E-state index in [2.05, 4.69) is 10.3 Å². The van der Waals surface area contributed by atoms with Crippen LogP contribution in [0.1, 0.15) is 44.2 Å². The van der Waals surface area contributed by atoms with Crippen LogP contribution in [0.3, 0.4) is 0 Å². The van der Waals surface area contributed by atoms with Gasteiger partial charge in [-0.2, -0.15) is 0 Å². The lowest BCUT2D eigenvalue weighted by atomic mass is 9.99. The summed E-state index contributed by atoms with van der Waals surface area (Å²) < 4.78 is 2.00. The Morgan fingerprint density at radius 3 is 2.89 bits per heavy atom. The van der Waals surface area contributed by atoms with Crippen molar-refractivity contribution >= 4 is 22.2 Å². The molecule has 2 aromatic rings. The number of thiazole rings is 1. The van der Waals surface area contributed by atoms with Gasteiger partial charge in [-0.15, -0.1) is 11.3 Å². The average molecular weight is 277 g/mol. The highest BCUT2D eigenvalue weighted by atomic mass is 32.1. The van der Waals surface area contributed by atoms with Gasteiger partial charge in [0.1, 0.15) is 0 Å². The number of aromatic nitrogens is 2. The Morgan fingerprint density at radius 2 is 2.16 bits per heavy atom. The standard InChI is InChI=1S/C14H19N3OS/c18-13(11-5-3-1-2-4-6-11)15-9-12-10-17-7-8-19-14(17)16-12/h7-8,10-11H,1-6,9H2,(H,15,18). The lowest BCUT2D eigenvalue weighted by molar-refractivity contribution is -0.125. The number of nitrogens with one attached hydrogen (secondary N) is 1. The third kappa shape index (κ3) is 2.97. The molecule has 0 unspecified atom stereocenters. The molecule has 0 bridgehead atoms. The number of hydrogen-bond donors (Lipinski definition) is 1. The number of carbonyl (C=O) groups excluding carboxylic acids is 1. The Hall–Kier alpha value is -1.36. The summed E-state index contributed by atoms with van der Waals surface area (Å²) in [6.45, 7) is 0.545. The van der Waals surface area contributed by atoms with Crippen LogP contribution in [0.25, 0.3) is 4.96 Å². The van der Waals surface area contributed by atoms with E-state index < -0.39 is 0 Å². The van der Waals surface area contributed by atoms with Gasteiger partial charge in [0.05, 0.1) is 12.2 Å². The fourth-order valence-corrected chi connectivity index (χ4v) is 3.44. The zero-order valence-corrected chi connectivity index (χ0v) is 11.8. The largest absolute Gasteiger partial charge is 0.350 e. The van der Waals surface area contributed by atoms with Gasteiger partial charge in [0.2, 0.25) is 5.91 Å². The predicted octanol–water partition coefficient (Wildman–Crippen LogP) is 2.98. The van der Waals surface area contributed by atoms with E-state index in [1.807, 2.05) is 22.2 Å². The molecule has 1 aliphatic carbocycles. The molecule has 2 aromatic heterocycles. The summed E-state index contributed by atoms with van der Waals surface area (Å²) in [6, 6.07) is 0. The highest BCUT2D eigenvalue weighted by Crippen LogP contribution is 2.23. The minimum atomic E-state index is 0.207. The van der Waals surface area contributed by atoms with Gasteiger partial charge in [-0.05, 0) is 12.8 Å². The van der Waals surface area contributed by atoms with Crippen LogP contribution in [-0.2, 0) is 11.3 Å². The van der Waals surface area contributed by atoms with E-state index >= 15 is 0 Å². The van der Waals surface area contributed by atoms with Crippen LogP contribution in [0.5, 0.6) is 0 Å². The first-order valence-corrected chi connectivity index (χ1v) is 7.90. The Bertz CT molecular complexity index is 523. The van der Waals surface area contributed by atoms with Gasteiger partial charge in [-0.25, -0.2) is 4.98 Å². The molecular formula is C14H19N3OS. The summed E-state index contributed by atoms with van der Waals surface area (Å²) in [5, 5.41) is 5.05. The molecule has 3 rings (SSSR count). The molecule has 0 aliphatic heterocycles. The lowest BCUT2D eigenvalue weighted by Crippen LogP contribution is -2.30. The summed E-state index contributed by atoms with van der Waals surface area (Å²) in [5.74, 6) is 0.421. The van der Waals surface area contributed by atoms with E-state index in [0.717, 1.165) is 23.5 Å². The third-order valence-corrected chi connectivity index (χ3v) is 4.58. The minimum absolute atomic E-state index is 0.207. The van der Waals surface area contributed by atoms with Crippen molar-refractivity contribution in [1.82, 2.24) is 14.7 Å². The SMILES string of the molecule is O=C(NCc1cn2ccsc2n1)C1CCCCCC1. The van der Waals surface area contributed by atoms with Gasteiger partial charge in [0.15, 0.2) is 4.96 Å². The van der Waals surface area contributed by atoms with E-state index in [1.165, 1.54) is 25.7 Å². The van der Waals surface area contributed by atoms with E-state index in [1.54, 1.807) is 11.3 Å². The number of fused-ring (bicyclic) bond motifs is 1. The van der Waals surface area contributed by atoms with E-state index in [9.17, 15) is 4.79 Å². The highest BCUT2D eigenvalue weighted by Gasteiger charge is 2.19. The summed E-state index contributed by atoms with van der Waals surface area (Å²) in [4.78, 5) is 17.6. The molecule has 4 nitrogen and oxygen atoms in total. The number of carbonyl (C=O) groups is 1. The lowest BCUT2D eigenvalue weighted by Gasteiger charge is -2.13. The topological polar surface area (TPSA) is 46.4 Å². The van der Waals surface area contributed by atoms with Gasteiger partial charge in [-0.3, -0.25) is 9.20 Å². The van der Waals surface area contributed by atoms with Gasteiger partial charge in [0, 0.05) is 23.7 Å². The van der Waals surface area contributed by atoms with Crippen LogP contribution in [-0.4, -0.2) is 15.3 Å². The second kappa shape index (κ2) is 5.74. The van der Waals surface area contributed by atoms with Crippen LogP contribution in [0.15, 0.2) is 17.8 Å². The maximum Gasteiger partial charge on any atom is 0.223 e. The van der Waals surface area contributed by atoms with E-state index in [-0.39, 0.29) is 11.8 Å². The van der Waals surface area contributed by atoms with Crippen molar-refractivity contribution in [2.24, 2.45) is 5.92 Å². The zero-order valence-electron chi connectivity index (χ0n) is 11.0. The van der Waals surface area contributed by atoms with Crippen LogP contribution in [0.4, 0.5) is 0 Å². The van der Waals surface area contributed by atoms with Crippen molar-refractivity contribution in [3.05, 3.63) is 23.5 Å². The normalized spacial score (nSPS) is 17.5. The first-order chi connectivity index (χ1) is 9.33. The van der Waals surface area contributed by atoms with E-state index in [4.69, 9.17) is 0 Å². The maximum absolute atomic E-state index is 12.1. The zero-order chi connectivity index (χ0) is 13.1. The van der Waals surface area contributed by atoms with Crippen molar-refractivity contribution < 1.29 is 4.79 Å². The number of amides is 1. The molecule has 2 heterocycles. The molecule has 0 radical (unpaired) electrons. The Balaban J connectivity index is 1.56. The molecule has 19 heavy (non-hydrogen) atoms. The molecular weight excluding hydrogens is 258 g/mol. The molecule has 0 spiro atoms. The molecule has 0 atom stereocenters. The fourth-order valence-electron chi connectivity index (χ4n) is 2.72. The average Bonchev–Trinajstić information content (AvgIpc) is 2.87. The second-order valence-corrected chi connectivity index (χ2v) is 6.10. The highest BCUT2D eigenvalue weighted by molar-refractivity contribution is 7.15. The number of rotatable bonds is 3. The van der Waals surface area contributed by atoms with E-state index in [0.29, 0.717) is 6.54 Å². The molecule has 1 fully saturated rings. The molecule has 0 aromatic carbocycles. The van der Waals surface area contributed by atoms with Crippen LogP contribution in [0.2, 0.25) is 0 Å². The van der Waals surface area contributed by atoms with Gasteiger partial charge >= 0.3 is 0 Å². The molecule has 1 saturated carbocycles. The Kier molecular flexibility index (Phi) is 3.82. The second-order valence-electron chi connectivity index (χ2n) is 5.23. The molecule has 5 heteroatoms. The molecule has 1 aliphatic rings. The van der Waals surface area contributed by atoms with Crippen molar-refractivity contribution in [2.75, 3.05) is 0 Å². The monoisotopic (exact) mass is 277 g/mol. The van der Waals surface area contributed by atoms with Gasteiger partial charge in [-0.1, -0.05) is 25.7 Å². The molecule has 1 amide bonds. The first kappa shape index (κ1) is 12.7. The Morgan fingerprint density at radius 1 is 1.37 bits per heavy atom. The minimum Gasteiger partial charge on any atom is -0.350 e. The van der Waals surface area contributed by atoms with Gasteiger partial charge in [0.25, 0.3) is 0 Å². The number of imidazole rings is 1. The van der Waals surface area contributed by atoms with Crippen LogP contribution >= 0.6 is 11.3 Å². The summed E-state index contributed by atoms with van der Waals surface area (Å²) >= 11 is 1.61. The van der Waals surface area contributed by atoms with Gasteiger partial charge < -0.3 is 5.32 Å². The van der Waals surface area contributed by atoms with Crippen molar-refractivity contribution in [1.29, 1.82) is 0 Å². The molecule has 0 saturated heterocycles. The number of hydrogen-bond acceptors (Lipinski definition) is 3. The number of nitrogens with zero attached hydrogens (tertiary/aromatic N) is 2. The first-order valence-electron chi connectivity index (χ1n) is 7.02. The van der Waals surface area contributed by atoms with Crippen molar-refractivity contribution in [3.8, 4) is 0 Å². The predicted molar refractivity (Wildman–Crippen MR) is 76.1 cm³/mol. The maximum atomic E-state index is 12.1. The smallest absolute Gasteiger partial charge is 0.223 e.